The van der Waals surface area contributed by atoms with Crippen LogP contribution >= 0.6 is 0 Å². The van der Waals surface area contributed by atoms with Crippen molar-refractivity contribution >= 4 is 10.9 Å². The van der Waals surface area contributed by atoms with Crippen LogP contribution in [-0.2, 0) is 19.4 Å². The van der Waals surface area contributed by atoms with E-state index < -0.39 is 0 Å². The number of aromatic nitrogens is 1. The largest absolute Gasteiger partial charge is 0.344 e. The van der Waals surface area contributed by atoms with E-state index in [4.69, 9.17) is 0 Å². The maximum absolute atomic E-state index is 2.67. The number of likely N-dealkylation sites (N-methyl/N-ethyl adjacent to an activating group) is 1. The van der Waals surface area contributed by atoms with Crippen molar-refractivity contribution in [3.8, 4) is 0 Å². The molecule has 3 aromatic rings. The van der Waals surface area contributed by atoms with Gasteiger partial charge in [-0.2, -0.15) is 0 Å². The van der Waals surface area contributed by atoms with Crippen molar-refractivity contribution in [3.05, 3.63) is 70.4 Å². The molecule has 2 heteroatoms. The van der Waals surface area contributed by atoms with Crippen LogP contribution in [0.25, 0.3) is 10.9 Å². The van der Waals surface area contributed by atoms with Gasteiger partial charge in [-0.3, -0.25) is 4.90 Å². The molecule has 2 nitrogen and oxygen atoms in total. The summed E-state index contributed by atoms with van der Waals surface area (Å²) >= 11 is 0. The summed E-state index contributed by atoms with van der Waals surface area (Å²) in [6.07, 6.45) is 6.36. The number of benzene rings is 2. The highest BCUT2D eigenvalue weighted by atomic mass is 15.2. The van der Waals surface area contributed by atoms with E-state index in [1.54, 1.807) is 11.3 Å². The molecule has 2 unspecified atom stereocenters. The fourth-order valence-corrected chi connectivity index (χ4v) is 5.53. The number of hydrogen-bond acceptors (Lipinski definition) is 1. The Morgan fingerprint density at radius 2 is 1.85 bits per heavy atom. The third-order valence-corrected chi connectivity index (χ3v) is 6.92. The van der Waals surface area contributed by atoms with E-state index in [-0.39, 0.29) is 0 Å². The summed E-state index contributed by atoms with van der Waals surface area (Å²) in [7, 11) is 2.35. The Morgan fingerprint density at radius 3 is 2.70 bits per heavy atom. The molecule has 0 aliphatic carbocycles. The highest BCUT2D eigenvalue weighted by Gasteiger charge is 2.38. The molecule has 5 rings (SSSR count). The summed E-state index contributed by atoms with van der Waals surface area (Å²) in [6, 6.07) is 17.4. The summed E-state index contributed by atoms with van der Waals surface area (Å²) in [5.41, 5.74) is 8.89. The van der Waals surface area contributed by atoms with Crippen LogP contribution in [0.5, 0.6) is 0 Å². The molecule has 2 aromatic carbocycles. The first-order valence-corrected chi connectivity index (χ1v) is 10.5. The van der Waals surface area contributed by atoms with E-state index in [2.05, 4.69) is 72.8 Å². The van der Waals surface area contributed by atoms with Crippen LogP contribution in [0.3, 0.4) is 0 Å². The molecule has 3 heterocycles. The first kappa shape index (κ1) is 17.1. The van der Waals surface area contributed by atoms with Crippen LogP contribution in [0, 0.1) is 13.8 Å². The summed E-state index contributed by atoms with van der Waals surface area (Å²) in [5.74, 6) is 0. The lowest BCUT2D eigenvalue weighted by Gasteiger charge is -2.44. The molecule has 2 atom stereocenters. The first-order valence-electron chi connectivity index (χ1n) is 10.5. The molecular weight excluding hydrogens is 328 g/mol. The van der Waals surface area contributed by atoms with Crippen LogP contribution in [0.4, 0.5) is 0 Å². The highest BCUT2D eigenvalue weighted by Crippen LogP contribution is 2.45. The minimum Gasteiger partial charge on any atom is -0.344 e. The minimum absolute atomic E-state index is 0.608. The summed E-state index contributed by atoms with van der Waals surface area (Å²) in [4.78, 5) is 2.67. The lowest BCUT2D eigenvalue weighted by Crippen LogP contribution is -2.44. The Bertz CT molecular complexity index is 997. The molecule has 0 spiro atoms. The second kappa shape index (κ2) is 6.53. The van der Waals surface area contributed by atoms with Crippen molar-refractivity contribution in [2.45, 2.75) is 64.6 Å². The van der Waals surface area contributed by atoms with Crippen molar-refractivity contribution in [2.75, 3.05) is 7.05 Å². The Balaban J connectivity index is 1.61. The van der Waals surface area contributed by atoms with Crippen LogP contribution in [0.15, 0.2) is 42.5 Å². The SMILES string of the molecule is Cc1cccc(CCn2c3c(c4cc(C)ccc42)C2CCCC(C3)N2C)c1. The zero-order valence-corrected chi connectivity index (χ0v) is 16.8. The maximum atomic E-state index is 2.67. The van der Waals surface area contributed by atoms with Gasteiger partial charge in [-0.25, -0.2) is 0 Å². The van der Waals surface area contributed by atoms with E-state index in [0.717, 1.165) is 19.0 Å². The molecule has 140 valence electrons. The number of piperidine rings is 1. The number of aryl methyl sites for hydroxylation is 4. The highest BCUT2D eigenvalue weighted by molar-refractivity contribution is 5.87. The molecule has 0 amide bonds. The Hall–Kier alpha value is -2.06. The second-order valence-electron chi connectivity index (χ2n) is 8.74. The average Bonchev–Trinajstić information content (AvgIpc) is 2.92. The van der Waals surface area contributed by atoms with E-state index in [0.29, 0.717) is 6.04 Å². The number of hydrogen-bond donors (Lipinski definition) is 0. The van der Waals surface area contributed by atoms with Gasteiger partial charge in [0.2, 0.25) is 0 Å². The Labute approximate surface area is 162 Å². The predicted molar refractivity (Wildman–Crippen MR) is 113 cm³/mol. The standard InChI is InChI=1S/C25H30N2/c1-17-6-4-7-19(14-17)12-13-27-22-11-10-18(2)15-21(22)25-23-9-5-8-20(26(23)3)16-24(25)27/h4,6-7,10-11,14-15,20,23H,5,8-9,12-13,16H2,1-3H3. The van der Waals surface area contributed by atoms with Crippen LogP contribution in [0.2, 0.25) is 0 Å². The second-order valence-corrected chi connectivity index (χ2v) is 8.74. The Morgan fingerprint density at radius 1 is 1.00 bits per heavy atom. The van der Waals surface area contributed by atoms with Gasteiger partial charge in [0.1, 0.15) is 0 Å². The summed E-state index contributed by atoms with van der Waals surface area (Å²) in [5, 5.41) is 1.51. The topological polar surface area (TPSA) is 8.17 Å². The fraction of sp³-hybridized carbons (Fsp3) is 0.440. The maximum Gasteiger partial charge on any atom is 0.0486 e. The normalized spacial score (nSPS) is 22.2. The van der Waals surface area contributed by atoms with Gasteiger partial charge < -0.3 is 4.57 Å². The van der Waals surface area contributed by atoms with Gasteiger partial charge in [-0.1, -0.05) is 41.5 Å². The number of fused-ring (bicyclic) bond motifs is 6. The van der Waals surface area contributed by atoms with Crippen molar-refractivity contribution in [1.82, 2.24) is 9.47 Å². The molecule has 0 N–H and O–H groups in total. The Kier molecular flexibility index (Phi) is 4.12. The molecule has 1 saturated heterocycles. The third-order valence-electron chi connectivity index (χ3n) is 6.92. The van der Waals surface area contributed by atoms with E-state index in [1.165, 1.54) is 53.3 Å². The molecule has 1 fully saturated rings. The van der Waals surface area contributed by atoms with Gasteiger partial charge in [0.15, 0.2) is 0 Å². The molecule has 0 radical (unpaired) electrons. The smallest absolute Gasteiger partial charge is 0.0486 e. The zero-order valence-electron chi connectivity index (χ0n) is 16.8. The number of nitrogens with zero attached hydrogens (tertiary/aromatic N) is 2. The van der Waals surface area contributed by atoms with Gasteiger partial charge in [0, 0.05) is 41.6 Å². The zero-order chi connectivity index (χ0) is 18.5. The van der Waals surface area contributed by atoms with Gasteiger partial charge in [0.25, 0.3) is 0 Å². The van der Waals surface area contributed by atoms with Crippen LogP contribution in [0.1, 0.15) is 53.3 Å². The lowest BCUT2D eigenvalue weighted by molar-refractivity contribution is 0.0988. The van der Waals surface area contributed by atoms with Gasteiger partial charge in [0.05, 0.1) is 0 Å². The molecule has 27 heavy (non-hydrogen) atoms. The van der Waals surface area contributed by atoms with Crippen molar-refractivity contribution in [2.24, 2.45) is 0 Å². The van der Waals surface area contributed by atoms with Crippen LogP contribution in [-0.4, -0.2) is 22.6 Å². The van der Waals surface area contributed by atoms with Crippen LogP contribution < -0.4 is 0 Å². The summed E-state index contributed by atoms with van der Waals surface area (Å²) in [6.45, 7) is 5.50. The van der Waals surface area contributed by atoms with Crippen molar-refractivity contribution in [1.29, 1.82) is 0 Å². The molecular formula is C25H30N2. The third kappa shape index (κ3) is 2.82. The monoisotopic (exact) mass is 358 g/mol. The fourth-order valence-electron chi connectivity index (χ4n) is 5.53. The van der Waals surface area contributed by atoms with Gasteiger partial charge in [-0.05, 0) is 69.8 Å². The number of rotatable bonds is 3. The first-order chi connectivity index (χ1) is 13.1. The average molecular weight is 359 g/mol. The molecule has 2 bridgehead atoms. The molecule has 2 aliphatic rings. The molecule has 1 aromatic heterocycles. The summed E-state index contributed by atoms with van der Waals surface area (Å²) < 4.78 is 2.66. The molecule has 2 aliphatic heterocycles. The van der Waals surface area contributed by atoms with E-state index in [1.807, 2.05) is 0 Å². The quantitative estimate of drug-likeness (QED) is 0.593. The van der Waals surface area contributed by atoms with E-state index >= 15 is 0 Å². The van der Waals surface area contributed by atoms with Gasteiger partial charge >= 0.3 is 0 Å². The lowest BCUT2D eigenvalue weighted by atomic mass is 9.82. The van der Waals surface area contributed by atoms with Gasteiger partial charge in [-0.15, -0.1) is 0 Å². The minimum atomic E-state index is 0.608. The van der Waals surface area contributed by atoms with E-state index in [9.17, 15) is 0 Å². The van der Waals surface area contributed by atoms with Crippen molar-refractivity contribution in [3.63, 3.8) is 0 Å². The predicted octanol–water partition coefficient (Wildman–Crippen LogP) is 5.58. The van der Waals surface area contributed by atoms with Crippen molar-refractivity contribution < 1.29 is 0 Å². The molecule has 0 saturated carbocycles.